The molecule has 1 N–H and O–H groups in total. The third-order valence-electron chi connectivity index (χ3n) is 4.98. The predicted molar refractivity (Wildman–Crippen MR) is 75.7 cm³/mol. The Bertz CT molecular complexity index is 233. The molecule has 2 aliphatic rings. The van der Waals surface area contributed by atoms with Gasteiger partial charge in [0.05, 0.1) is 6.10 Å². The second-order valence-electron chi connectivity index (χ2n) is 6.44. The number of hydrogen-bond acceptors (Lipinski definition) is 3. The normalized spacial score (nSPS) is 26.7. The molecule has 3 heteroatoms. The summed E-state index contributed by atoms with van der Waals surface area (Å²) in [4.78, 5) is 4.81. The highest BCUT2D eigenvalue weighted by Crippen LogP contribution is 2.27. The van der Waals surface area contributed by atoms with E-state index in [1.54, 1.807) is 0 Å². The van der Waals surface area contributed by atoms with Crippen LogP contribution in [0.3, 0.4) is 0 Å². The number of aliphatic hydroxyl groups excluding tert-OH is 1. The lowest BCUT2D eigenvalue weighted by Gasteiger charge is -2.37. The molecular weight excluding hydrogens is 224 g/mol. The van der Waals surface area contributed by atoms with Gasteiger partial charge < -0.3 is 14.9 Å². The summed E-state index contributed by atoms with van der Waals surface area (Å²) in [6, 6.07) is 0.680. The Morgan fingerprint density at radius 1 is 1.11 bits per heavy atom. The van der Waals surface area contributed by atoms with Crippen LogP contribution >= 0.6 is 0 Å². The zero-order valence-corrected chi connectivity index (χ0v) is 12.1. The number of piperidine rings is 1. The fourth-order valence-corrected chi connectivity index (χ4v) is 3.55. The standard InChI is InChI=1S/C15H30N2O/c1-16-10-8-14(9-11-16)17(2)12-15(18)13-6-4-3-5-7-13/h13-15,18H,3-12H2,1-2H3. The molecule has 0 aromatic carbocycles. The molecule has 2 rings (SSSR count). The van der Waals surface area contributed by atoms with Crippen LogP contribution in [0.15, 0.2) is 0 Å². The van der Waals surface area contributed by atoms with E-state index in [2.05, 4.69) is 23.9 Å². The molecule has 3 nitrogen and oxygen atoms in total. The van der Waals surface area contributed by atoms with Crippen molar-refractivity contribution in [2.45, 2.75) is 57.1 Å². The van der Waals surface area contributed by atoms with Crippen molar-refractivity contribution in [3.05, 3.63) is 0 Å². The quantitative estimate of drug-likeness (QED) is 0.831. The Kier molecular flexibility index (Phi) is 5.46. The minimum atomic E-state index is -0.102. The molecule has 1 saturated heterocycles. The van der Waals surface area contributed by atoms with Crippen LogP contribution in [-0.4, -0.2) is 60.8 Å². The van der Waals surface area contributed by atoms with Gasteiger partial charge >= 0.3 is 0 Å². The van der Waals surface area contributed by atoms with Gasteiger partial charge in [-0.1, -0.05) is 19.3 Å². The molecule has 1 aliphatic heterocycles. The van der Waals surface area contributed by atoms with E-state index >= 15 is 0 Å². The smallest absolute Gasteiger partial charge is 0.0695 e. The SMILES string of the molecule is CN1CCC(N(C)CC(O)C2CCCCC2)CC1. The van der Waals surface area contributed by atoms with Crippen LogP contribution in [0.5, 0.6) is 0 Å². The minimum absolute atomic E-state index is 0.102. The number of aliphatic hydroxyl groups is 1. The predicted octanol–water partition coefficient (Wildman–Crippen LogP) is 1.95. The van der Waals surface area contributed by atoms with Crippen LogP contribution in [0, 0.1) is 5.92 Å². The van der Waals surface area contributed by atoms with Gasteiger partial charge in [0.25, 0.3) is 0 Å². The molecule has 0 aromatic heterocycles. The van der Waals surface area contributed by atoms with Crippen molar-refractivity contribution in [3.8, 4) is 0 Å². The number of likely N-dealkylation sites (tertiary alicyclic amines) is 1. The fraction of sp³-hybridized carbons (Fsp3) is 1.00. The average molecular weight is 254 g/mol. The Morgan fingerprint density at radius 2 is 1.72 bits per heavy atom. The Hall–Kier alpha value is -0.120. The molecule has 1 atom stereocenters. The van der Waals surface area contributed by atoms with Gasteiger partial charge in [0.2, 0.25) is 0 Å². The highest BCUT2D eigenvalue weighted by Gasteiger charge is 2.26. The summed E-state index contributed by atoms with van der Waals surface area (Å²) < 4.78 is 0. The second kappa shape index (κ2) is 6.88. The highest BCUT2D eigenvalue weighted by molar-refractivity contribution is 4.81. The zero-order valence-electron chi connectivity index (χ0n) is 12.1. The largest absolute Gasteiger partial charge is 0.392 e. The lowest BCUT2D eigenvalue weighted by atomic mass is 9.85. The summed E-state index contributed by atoms with van der Waals surface area (Å²) in [5.74, 6) is 0.562. The second-order valence-corrected chi connectivity index (χ2v) is 6.44. The summed E-state index contributed by atoms with van der Waals surface area (Å²) in [5, 5.41) is 10.4. The molecule has 1 heterocycles. The van der Waals surface area contributed by atoms with Crippen molar-refractivity contribution in [2.75, 3.05) is 33.7 Å². The zero-order chi connectivity index (χ0) is 13.0. The van der Waals surface area contributed by atoms with Gasteiger partial charge in [0.1, 0.15) is 0 Å². The van der Waals surface area contributed by atoms with E-state index in [4.69, 9.17) is 0 Å². The van der Waals surface area contributed by atoms with Crippen molar-refractivity contribution in [1.29, 1.82) is 0 Å². The fourth-order valence-electron chi connectivity index (χ4n) is 3.55. The van der Waals surface area contributed by atoms with E-state index in [9.17, 15) is 5.11 Å². The lowest BCUT2D eigenvalue weighted by Crippen LogP contribution is -2.45. The van der Waals surface area contributed by atoms with E-state index in [0.717, 1.165) is 6.54 Å². The van der Waals surface area contributed by atoms with Gasteiger partial charge in [-0.15, -0.1) is 0 Å². The summed E-state index contributed by atoms with van der Waals surface area (Å²) >= 11 is 0. The first kappa shape index (κ1) is 14.3. The third kappa shape index (κ3) is 3.94. The van der Waals surface area contributed by atoms with Gasteiger partial charge in [-0.2, -0.15) is 0 Å². The number of hydrogen-bond donors (Lipinski definition) is 1. The maximum absolute atomic E-state index is 10.4. The first-order valence-corrected chi connectivity index (χ1v) is 7.73. The molecule has 0 aromatic rings. The summed E-state index contributed by atoms with van der Waals surface area (Å²) in [6.45, 7) is 3.28. The van der Waals surface area contributed by atoms with Crippen molar-refractivity contribution >= 4 is 0 Å². The van der Waals surface area contributed by atoms with E-state index in [1.165, 1.54) is 58.0 Å². The maximum atomic E-state index is 10.4. The van der Waals surface area contributed by atoms with Gasteiger partial charge in [-0.25, -0.2) is 0 Å². The van der Waals surface area contributed by atoms with Crippen LogP contribution < -0.4 is 0 Å². The monoisotopic (exact) mass is 254 g/mol. The minimum Gasteiger partial charge on any atom is -0.392 e. The van der Waals surface area contributed by atoms with Gasteiger partial charge in [-0.05, 0) is 58.8 Å². The van der Waals surface area contributed by atoms with Crippen LogP contribution in [-0.2, 0) is 0 Å². The number of nitrogens with zero attached hydrogens (tertiary/aromatic N) is 2. The third-order valence-corrected chi connectivity index (χ3v) is 4.98. The summed E-state index contributed by atoms with van der Waals surface area (Å²) in [5.41, 5.74) is 0. The van der Waals surface area contributed by atoms with E-state index in [-0.39, 0.29) is 6.10 Å². The Morgan fingerprint density at radius 3 is 2.33 bits per heavy atom. The first-order valence-electron chi connectivity index (χ1n) is 7.73. The molecule has 106 valence electrons. The van der Waals surface area contributed by atoms with Crippen LogP contribution in [0.2, 0.25) is 0 Å². The first-order chi connectivity index (χ1) is 8.66. The highest BCUT2D eigenvalue weighted by atomic mass is 16.3. The molecule has 0 spiro atoms. The molecule has 18 heavy (non-hydrogen) atoms. The molecule has 1 unspecified atom stereocenters. The molecule has 2 fully saturated rings. The van der Waals surface area contributed by atoms with Crippen LogP contribution in [0.1, 0.15) is 44.9 Å². The van der Waals surface area contributed by atoms with Crippen molar-refractivity contribution < 1.29 is 5.11 Å². The van der Waals surface area contributed by atoms with Gasteiger partial charge in [0.15, 0.2) is 0 Å². The molecule has 0 amide bonds. The van der Waals surface area contributed by atoms with Gasteiger partial charge in [-0.3, -0.25) is 0 Å². The molecule has 0 radical (unpaired) electrons. The van der Waals surface area contributed by atoms with E-state index < -0.39 is 0 Å². The summed E-state index contributed by atoms with van der Waals surface area (Å²) in [7, 11) is 4.40. The Balaban J connectivity index is 1.73. The molecule has 1 saturated carbocycles. The molecule has 1 aliphatic carbocycles. The molecular formula is C15H30N2O. The molecule has 0 bridgehead atoms. The van der Waals surface area contributed by atoms with Gasteiger partial charge in [0, 0.05) is 12.6 Å². The lowest BCUT2D eigenvalue weighted by molar-refractivity contribution is 0.0325. The number of likely N-dealkylation sites (N-methyl/N-ethyl adjacent to an activating group) is 1. The maximum Gasteiger partial charge on any atom is 0.0695 e. The van der Waals surface area contributed by atoms with E-state index in [1.807, 2.05) is 0 Å². The van der Waals surface area contributed by atoms with E-state index in [0.29, 0.717) is 12.0 Å². The topological polar surface area (TPSA) is 26.7 Å². The van der Waals surface area contributed by atoms with Crippen molar-refractivity contribution in [2.24, 2.45) is 5.92 Å². The van der Waals surface area contributed by atoms with Crippen molar-refractivity contribution in [1.82, 2.24) is 9.80 Å². The van der Waals surface area contributed by atoms with Crippen LogP contribution in [0.4, 0.5) is 0 Å². The summed E-state index contributed by atoms with van der Waals surface area (Å²) in [6.07, 6.45) is 8.89. The Labute approximate surface area is 112 Å². The van der Waals surface area contributed by atoms with Crippen LogP contribution in [0.25, 0.3) is 0 Å². The number of rotatable bonds is 4. The van der Waals surface area contributed by atoms with Crippen molar-refractivity contribution in [3.63, 3.8) is 0 Å². The average Bonchev–Trinajstić information content (AvgIpc) is 2.40.